The van der Waals surface area contributed by atoms with E-state index in [4.69, 9.17) is 0 Å². The minimum atomic E-state index is 0.328. The molecule has 0 radical (unpaired) electrons. The van der Waals surface area contributed by atoms with Crippen molar-refractivity contribution in [3.63, 3.8) is 0 Å². The van der Waals surface area contributed by atoms with Crippen LogP contribution in [0.25, 0.3) is 0 Å². The Labute approximate surface area is 70.2 Å². The van der Waals surface area contributed by atoms with Gasteiger partial charge >= 0.3 is 0 Å². The van der Waals surface area contributed by atoms with Gasteiger partial charge < -0.3 is 4.79 Å². The average Bonchev–Trinajstić information content (AvgIpc) is 1.86. The van der Waals surface area contributed by atoms with E-state index >= 15 is 0 Å². The third kappa shape index (κ3) is 7.57. The zero-order valence-corrected chi connectivity index (χ0v) is 8.02. The van der Waals surface area contributed by atoms with E-state index in [1.165, 1.54) is 25.7 Å². The third-order valence-corrected chi connectivity index (χ3v) is 1.94. The van der Waals surface area contributed by atoms with Crippen molar-refractivity contribution in [3.8, 4) is 0 Å². The Balaban J connectivity index is 3.22. The highest BCUT2D eigenvalue weighted by molar-refractivity contribution is 5.75. The molecular formula is C10H20O. The van der Waals surface area contributed by atoms with Crippen molar-refractivity contribution < 1.29 is 4.79 Å². The molecule has 0 bridgehead atoms. The summed E-state index contributed by atoms with van der Waals surface area (Å²) in [7, 11) is 0. The van der Waals surface area contributed by atoms with Gasteiger partial charge in [0.1, 0.15) is 5.78 Å². The van der Waals surface area contributed by atoms with E-state index in [9.17, 15) is 4.79 Å². The molecule has 1 heteroatoms. The van der Waals surface area contributed by atoms with E-state index < -0.39 is 0 Å². The first-order chi connectivity index (χ1) is 5.16. The lowest BCUT2D eigenvalue weighted by atomic mass is 9.98. The maximum absolute atomic E-state index is 10.7. The van der Waals surface area contributed by atoms with Crippen molar-refractivity contribution in [3.05, 3.63) is 0 Å². The number of hydrogen-bond acceptors (Lipinski definition) is 1. The number of ketones is 1. The van der Waals surface area contributed by atoms with Crippen molar-refractivity contribution in [2.45, 2.75) is 52.9 Å². The third-order valence-electron chi connectivity index (χ3n) is 1.94. The molecule has 0 rings (SSSR count). The molecule has 0 N–H and O–H groups in total. The fourth-order valence-corrected chi connectivity index (χ4v) is 1.34. The smallest absolute Gasteiger partial charge is 0.130 e. The lowest BCUT2D eigenvalue weighted by molar-refractivity contribution is -0.117. The highest BCUT2D eigenvalue weighted by atomic mass is 16.1. The number of unbranched alkanes of at least 4 members (excludes halogenated alkanes) is 2. The van der Waals surface area contributed by atoms with Crippen LogP contribution in [0, 0.1) is 5.92 Å². The summed E-state index contributed by atoms with van der Waals surface area (Å²) in [5.74, 6) is 0.924. The summed E-state index contributed by atoms with van der Waals surface area (Å²) in [6.07, 6.45) is 5.84. The van der Waals surface area contributed by atoms with Crippen LogP contribution in [-0.2, 0) is 4.79 Å². The minimum Gasteiger partial charge on any atom is -0.300 e. The summed E-state index contributed by atoms with van der Waals surface area (Å²) in [4.78, 5) is 10.7. The summed E-state index contributed by atoms with van der Waals surface area (Å²) >= 11 is 0. The first-order valence-corrected chi connectivity index (χ1v) is 4.66. The SMILES string of the molecule is CCCCC[C@H](C)CC(C)=O. The van der Waals surface area contributed by atoms with Crippen LogP contribution in [0.5, 0.6) is 0 Å². The van der Waals surface area contributed by atoms with Gasteiger partial charge in [0.2, 0.25) is 0 Å². The molecule has 0 aromatic heterocycles. The molecule has 66 valence electrons. The van der Waals surface area contributed by atoms with E-state index in [1.54, 1.807) is 6.92 Å². The van der Waals surface area contributed by atoms with Gasteiger partial charge in [-0.15, -0.1) is 0 Å². The summed E-state index contributed by atoms with van der Waals surface area (Å²) < 4.78 is 0. The predicted molar refractivity (Wildman–Crippen MR) is 48.6 cm³/mol. The van der Waals surface area contributed by atoms with E-state index in [2.05, 4.69) is 13.8 Å². The summed E-state index contributed by atoms with van der Waals surface area (Å²) in [5, 5.41) is 0. The largest absolute Gasteiger partial charge is 0.300 e. The van der Waals surface area contributed by atoms with Crippen LogP contribution in [0.3, 0.4) is 0 Å². The molecule has 0 amide bonds. The standard InChI is InChI=1S/C10H20O/c1-4-5-6-7-9(2)8-10(3)11/h9H,4-8H2,1-3H3/t9-/m0/s1. The van der Waals surface area contributed by atoms with Gasteiger partial charge in [-0.25, -0.2) is 0 Å². The number of rotatable bonds is 6. The van der Waals surface area contributed by atoms with Crippen molar-refractivity contribution in [2.75, 3.05) is 0 Å². The Hall–Kier alpha value is -0.330. The molecule has 1 atom stereocenters. The quantitative estimate of drug-likeness (QED) is 0.540. The number of hydrogen-bond donors (Lipinski definition) is 0. The Morgan fingerprint density at radius 3 is 2.45 bits per heavy atom. The number of carbonyl (C=O) groups is 1. The van der Waals surface area contributed by atoms with Gasteiger partial charge in [-0.2, -0.15) is 0 Å². The fourth-order valence-electron chi connectivity index (χ4n) is 1.34. The second-order valence-corrected chi connectivity index (χ2v) is 3.51. The second kappa shape index (κ2) is 6.38. The topological polar surface area (TPSA) is 17.1 Å². The van der Waals surface area contributed by atoms with Crippen LogP contribution < -0.4 is 0 Å². The minimum absolute atomic E-state index is 0.328. The maximum atomic E-state index is 10.7. The van der Waals surface area contributed by atoms with Crippen molar-refractivity contribution >= 4 is 5.78 Å². The van der Waals surface area contributed by atoms with Crippen LogP contribution in [0.2, 0.25) is 0 Å². The normalized spacial score (nSPS) is 13.0. The summed E-state index contributed by atoms with van der Waals surface area (Å²) in [5.41, 5.74) is 0. The molecule has 0 aliphatic heterocycles. The van der Waals surface area contributed by atoms with Gasteiger partial charge in [-0.3, -0.25) is 0 Å². The van der Waals surface area contributed by atoms with Crippen LogP contribution in [0.15, 0.2) is 0 Å². The Morgan fingerprint density at radius 1 is 1.36 bits per heavy atom. The molecule has 0 aromatic rings. The van der Waals surface area contributed by atoms with E-state index in [1.807, 2.05) is 0 Å². The van der Waals surface area contributed by atoms with Crippen LogP contribution in [0.1, 0.15) is 52.9 Å². The lowest BCUT2D eigenvalue weighted by Gasteiger charge is -2.07. The molecular weight excluding hydrogens is 136 g/mol. The Morgan fingerprint density at radius 2 is 2.00 bits per heavy atom. The molecule has 0 aliphatic carbocycles. The van der Waals surface area contributed by atoms with Gasteiger partial charge in [0.25, 0.3) is 0 Å². The number of Topliss-reactive ketones (excluding diaryl/α,β-unsaturated/α-hetero) is 1. The molecule has 0 fully saturated rings. The second-order valence-electron chi connectivity index (χ2n) is 3.51. The molecule has 11 heavy (non-hydrogen) atoms. The van der Waals surface area contributed by atoms with E-state index in [-0.39, 0.29) is 0 Å². The van der Waals surface area contributed by atoms with Crippen molar-refractivity contribution in [1.82, 2.24) is 0 Å². The van der Waals surface area contributed by atoms with Gasteiger partial charge in [0.05, 0.1) is 0 Å². The molecule has 0 spiro atoms. The van der Waals surface area contributed by atoms with E-state index in [0.717, 1.165) is 6.42 Å². The molecule has 0 unspecified atom stereocenters. The first-order valence-electron chi connectivity index (χ1n) is 4.66. The summed E-state index contributed by atoms with van der Waals surface area (Å²) in [6.45, 7) is 6.04. The van der Waals surface area contributed by atoms with Crippen LogP contribution in [-0.4, -0.2) is 5.78 Å². The lowest BCUT2D eigenvalue weighted by Crippen LogP contribution is -2.01. The molecule has 0 saturated heterocycles. The predicted octanol–water partition coefficient (Wildman–Crippen LogP) is 3.18. The molecule has 0 aromatic carbocycles. The van der Waals surface area contributed by atoms with Gasteiger partial charge in [0.15, 0.2) is 0 Å². The molecule has 0 saturated carbocycles. The zero-order chi connectivity index (χ0) is 8.69. The zero-order valence-electron chi connectivity index (χ0n) is 8.02. The van der Waals surface area contributed by atoms with Gasteiger partial charge in [-0.1, -0.05) is 39.5 Å². The van der Waals surface area contributed by atoms with Gasteiger partial charge in [-0.05, 0) is 12.8 Å². The van der Waals surface area contributed by atoms with E-state index in [0.29, 0.717) is 11.7 Å². The van der Waals surface area contributed by atoms with Crippen LogP contribution in [0.4, 0.5) is 0 Å². The van der Waals surface area contributed by atoms with Crippen molar-refractivity contribution in [1.29, 1.82) is 0 Å². The van der Waals surface area contributed by atoms with Gasteiger partial charge in [0, 0.05) is 6.42 Å². The molecule has 1 nitrogen and oxygen atoms in total. The maximum Gasteiger partial charge on any atom is 0.130 e. The number of carbonyl (C=O) groups excluding carboxylic acids is 1. The fraction of sp³-hybridized carbons (Fsp3) is 0.900. The summed E-state index contributed by atoms with van der Waals surface area (Å²) in [6, 6.07) is 0. The molecule has 0 heterocycles. The monoisotopic (exact) mass is 156 g/mol. The highest BCUT2D eigenvalue weighted by Crippen LogP contribution is 2.12. The average molecular weight is 156 g/mol. The Kier molecular flexibility index (Phi) is 6.19. The van der Waals surface area contributed by atoms with Crippen LogP contribution >= 0.6 is 0 Å². The Bertz CT molecular complexity index is 107. The highest BCUT2D eigenvalue weighted by Gasteiger charge is 2.03. The van der Waals surface area contributed by atoms with Crippen molar-refractivity contribution in [2.24, 2.45) is 5.92 Å². The first kappa shape index (κ1) is 10.7. The molecule has 0 aliphatic rings.